The molecule has 33 heavy (non-hydrogen) atoms. The van der Waals surface area contributed by atoms with Crippen molar-refractivity contribution in [2.45, 2.75) is 26.6 Å². The second-order valence-corrected chi connectivity index (χ2v) is 7.78. The van der Waals surface area contributed by atoms with Crippen molar-refractivity contribution in [2.24, 2.45) is 4.99 Å². The molecule has 0 radical (unpaired) electrons. The summed E-state index contributed by atoms with van der Waals surface area (Å²) in [7, 11) is 4.09. The van der Waals surface area contributed by atoms with Gasteiger partial charge in [-0.3, -0.25) is 4.68 Å². The number of hydrogen-bond acceptors (Lipinski definition) is 4. The summed E-state index contributed by atoms with van der Waals surface area (Å²) in [6.07, 6.45) is 3.78. The highest BCUT2D eigenvalue weighted by Crippen LogP contribution is 2.19. The zero-order valence-electron chi connectivity index (χ0n) is 19.7. The van der Waals surface area contributed by atoms with Crippen LogP contribution in [0.5, 0.6) is 5.75 Å². The first kappa shape index (κ1) is 26.7. The maximum atomic E-state index is 5.98. The lowest BCUT2D eigenvalue weighted by molar-refractivity contribution is 0.259. The molecule has 0 unspecified atom stereocenters. The second kappa shape index (κ2) is 14.5. The molecule has 3 rings (SSSR count). The Morgan fingerprint density at radius 3 is 2.42 bits per heavy atom. The van der Waals surface area contributed by atoms with E-state index in [0.717, 1.165) is 36.9 Å². The van der Waals surface area contributed by atoms with Crippen molar-refractivity contribution in [3.63, 3.8) is 0 Å². The van der Waals surface area contributed by atoms with Gasteiger partial charge in [-0.1, -0.05) is 42.5 Å². The van der Waals surface area contributed by atoms with E-state index < -0.39 is 0 Å². The van der Waals surface area contributed by atoms with Crippen LogP contribution in [0.2, 0.25) is 0 Å². The molecule has 0 amide bonds. The van der Waals surface area contributed by atoms with Gasteiger partial charge in [0.2, 0.25) is 0 Å². The SMILES string of the molecule is CCNC(=NCc1ccccc1OCCN(C)C)NCc1ccccc1Cn1cccn1.I. The highest BCUT2D eigenvalue weighted by atomic mass is 127. The van der Waals surface area contributed by atoms with E-state index in [0.29, 0.717) is 19.7 Å². The van der Waals surface area contributed by atoms with Crippen LogP contribution in [0.1, 0.15) is 23.6 Å². The van der Waals surface area contributed by atoms with Crippen LogP contribution in [-0.4, -0.2) is 54.4 Å². The molecule has 2 aromatic carbocycles. The number of likely N-dealkylation sites (N-methyl/N-ethyl adjacent to an activating group) is 1. The van der Waals surface area contributed by atoms with E-state index in [-0.39, 0.29) is 24.0 Å². The number of rotatable bonds is 11. The van der Waals surface area contributed by atoms with Crippen LogP contribution < -0.4 is 15.4 Å². The summed E-state index contributed by atoms with van der Waals surface area (Å²) in [5.74, 6) is 1.67. The summed E-state index contributed by atoms with van der Waals surface area (Å²) in [4.78, 5) is 6.90. The molecule has 7 nitrogen and oxygen atoms in total. The molecule has 0 spiro atoms. The maximum Gasteiger partial charge on any atom is 0.191 e. The highest BCUT2D eigenvalue weighted by Gasteiger charge is 2.07. The monoisotopic (exact) mass is 562 g/mol. The van der Waals surface area contributed by atoms with Crippen molar-refractivity contribution < 1.29 is 4.74 Å². The van der Waals surface area contributed by atoms with Gasteiger partial charge in [0.05, 0.1) is 13.1 Å². The number of halogens is 1. The van der Waals surface area contributed by atoms with Gasteiger partial charge in [-0.15, -0.1) is 24.0 Å². The van der Waals surface area contributed by atoms with E-state index in [9.17, 15) is 0 Å². The summed E-state index contributed by atoms with van der Waals surface area (Å²) in [6.45, 7) is 6.37. The topological polar surface area (TPSA) is 66.7 Å². The molecule has 0 bridgehead atoms. The third-order valence-corrected chi connectivity index (χ3v) is 4.98. The minimum Gasteiger partial charge on any atom is -0.492 e. The molecule has 0 aliphatic rings. The number of benzene rings is 2. The van der Waals surface area contributed by atoms with E-state index >= 15 is 0 Å². The van der Waals surface area contributed by atoms with Crippen molar-refractivity contribution in [1.82, 2.24) is 25.3 Å². The maximum absolute atomic E-state index is 5.98. The minimum atomic E-state index is 0. The molecule has 2 N–H and O–H groups in total. The Labute approximate surface area is 214 Å². The average molecular weight is 563 g/mol. The van der Waals surface area contributed by atoms with Gasteiger partial charge in [-0.05, 0) is 44.3 Å². The van der Waals surface area contributed by atoms with E-state index in [2.05, 4.69) is 57.9 Å². The summed E-state index contributed by atoms with van der Waals surface area (Å²) < 4.78 is 7.91. The van der Waals surface area contributed by atoms with Gasteiger partial charge in [-0.25, -0.2) is 4.99 Å². The van der Waals surface area contributed by atoms with Gasteiger partial charge >= 0.3 is 0 Å². The van der Waals surface area contributed by atoms with E-state index in [1.807, 2.05) is 49.2 Å². The molecule has 0 aliphatic heterocycles. The van der Waals surface area contributed by atoms with Gasteiger partial charge in [0.15, 0.2) is 5.96 Å². The van der Waals surface area contributed by atoms with Crippen molar-refractivity contribution in [3.05, 3.63) is 83.7 Å². The molecule has 0 aliphatic carbocycles. The normalized spacial score (nSPS) is 11.2. The molecule has 1 heterocycles. The van der Waals surface area contributed by atoms with Crippen molar-refractivity contribution in [3.8, 4) is 5.75 Å². The molecule has 8 heteroatoms. The quantitative estimate of drug-likeness (QED) is 0.212. The lowest BCUT2D eigenvalue weighted by atomic mass is 10.1. The minimum absolute atomic E-state index is 0. The Balaban J connectivity index is 0.00000385. The summed E-state index contributed by atoms with van der Waals surface area (Å²) in [5.41, 5.74) is 3.53. The molecule has 3 aromatic rings. The Kier molecular flexibility index (Phi) is 11.7. The molecule has 0 fully saturated rings. The highest BCUT2D eigenvalue weighted by molar-refractivity contribution is 14.0. The summed E-state index contributed by atoms with van der Waals surface area (Å²) in [6, 6.07) is 18.5. The number of nitrogens with one attached hydrogen (secondary N) is 2. The van der Waals surface area contributed by atoms with Crippen LogP contribution in [0.4, 0.5) is 0 Å². The zero-order valence-corrected chi connectivity index (χ0v) is 22.0. The second-order valence-electron chi connectivity index (χ2n) is 7.78. The lowest BCUT2D eigenvalue weighted by Gasteiger charge is -2.15. The van der Waals surface area contributed by atoms with Crippen LogP contribution in [0.3, 0.4) is 0 Å². The smallest absolute Gasteiger partial charge is 0.191 e. The summed E-state index contributed by atoms with van der Waals surface area (Å²) in [5, 5.41) is 11.1. The first-order valence-electron chi connectivity index (χ1n) is 11.1. The Bertz CT molecular complexity index is 975. The molecule has 1 aromatic heterocycles. The standard InChI is InChI=1S/C25H34N6O.HI/c1-4-26-25(28-19-22-11-7-8-13-24(22)32-17-16-30(2)3)27-18-21-10-5-6-12-23(21)20-31-15-9-14-29-31;/h5-15H,4,16-20H2,1-3H3,(H2,26,27,28);1H. The fourth-order valence-electron chi connectivity index (χ4n) is 3.25. The molecule has 0 atom stereocenters. The summed E-state index contributed by atoms with van der Waals surface area (Å²) >= 11 is 0. The predicted octanol–water partition coefficient (Wildman–Crippen LogP) is 3.75. The zero-order chi connectivity index (χ0) is 22.6. The van der Waals surface area contributed by atoms with Crippen LogP contribution in [0, 0.1) is 0 Å². The Hall–Kier alpha value is -2.59. The number of guanidine groups is 1. The van der Waals surface area contributed by atoms with Crippen molar-refractivity contribution in [2.75, 3.05) is 33.8 Å². The lowest BCUT2D eigenvalue weighted by Crippen LogP contribution is -2.37. The van der Waals surface area contributed by atoms with E-state index in [4.69, 9.17) is 9.73 Å². The van der Waals surface area contributed by atoms with Gasteiger partial charge in [0.25, 0.3) is 0 Å². The first-order valence-corrected chi connectivity index (χ1v) is 11.1. The van der Waals surface area contributed by atoms with Gasteiger partial charge < -0.3 is 20.3 Å². The average Bonchev–Trinajstić information content (AvgIpc) is 3.30. The fraction of sp³-hybridized carbons (Fsp3) is 0.360. The van der Waals surface area contributed by atoms with E-state index in [1.54, 1.807) is 6.20 Å². The molecule has 178 valence electrons. The fourth-order valence-corrected chi connectivity index (χ4v) is 3.25. The van der Waals surface area contributed by atoms with Crippen LogP contribution in [0.15, 0.2) is 72.0 Å². The molecule has 0 saturated heterocycles. The molecular formula is C25H35IN6O. The number of para-hydroxylation sites is 1. The van der Waals surface area contributed by atoms with E-state index in [1.165, 1.54) is 11.1 Å². The molecule has 0 saturated carbocycles. The number of ether oxygens (including phenoxy) is 1. The van der Waals surface area contributed by atoms with Gasteiger partial charge in [0, 0.05) is 37.6 Å². The van der Waals surface area contributed by atoms with Crippen LogP contribution in [-0.2, 0) is 19.6 Å². The van der Waals surface area contributed by atoms with Crippen molar-refractivity contribution in [1.29, 1.82) is 0 Å². The largest absolute Gasteiger partial charge is 0.492 e. The number of aromatic nitrogens is 2. The third kappa shape index (κ3) is 9.05. The van der Waals surface area contributed by atoms with Crippen LogP contribution >= 0.6 is 24.0 Å². The predicted molar refractivity (Wildman–Crippen MR) is 145 cm³/mol. The van der Waals surface area contributed by atoms with Crippen molar-refractivity contribution >= 4 is 29.9 Å². The van der Waals surface area contributed by atoms with Gasteiger partial charge in [-0.2, -0.15) is 5.10 Å². The molecular weight excluding hydrogens is 527 g/mol. The number of hydrogen-bond donors (Lipinski definition) is 2. The first-order chi connectivity index (χ1) is 15.7. The Morgan fingerprint density at radius 1 is 1.00 bits per heavy atom. The third-order valence-electron chi connectivity index (χ3n) is 4.98. The van der Waals surface area contributed by atoms with Crippen LogP contribution in [0.25, 0.3) is 0 Å². The number of nitrogens with zero attached hydrogens (tertiary/aromatic N) is 4. The van der Waals surface area contributed by atoms with Gasteiger partial charge in [0.1, 0.15) is 12.4 Å². The number of aliphatic imine (C=N–C) groups is 1. The Morgan fingerprint density at radius 2 is 1.73 bits per heavy atom.